The minimum atomic E-state index is -4.47. The average Bonchev–Trinajstić information content (AvgIpc) is 3.19. The van der Waals surface area contributed by atoms with Gasteiger partial charge in [0, 0.05) is 23.6 Å². The molecule has 2 N–H and O–H groups in total. The normalized spacial score (nSPS) is 11.4. The number of carbonyl (C=O) groups excluding carboxylic acids is 2. The van der Waals surface area contributed by atoms with Crippen LogP contribution in [0.2, 0.25) is 0 Å². The van der Waals surface area contributed by atoms with E-state index in [0.29, 0.717) is 16.4 Å². The molecule has 2 heterocycles. The molecule has 12 heteroatoms. The molecule has 2 aromatic carbocycles. The van der Waals surface area contributed by atoms with E-state index in [1.807, 2.05) is 0 Å². The Morgan fingerprint density at radius 3 is 2.42 bits per heavy atom. The Hall–Kier alpha value is -3.51. The van der Waals surface area contributed by atoms with Crippen LogP contribution in [0.15, 0.2) is 66.1 Å². The molecule has 4 aromatic rings. The zero-order valence-corrected chi connectivity index (χ0v) is 18.2. The van der Waals surface area contributed by atoms with Gasteiger partial charge in [-0.1, -0.05) is 23.1 Å². The highest BCUT2D eigenvalue weighted by atomic mass is 32.2. The largest absolute Gasteiger partial charge is 0.416 e. The summed E-state index contributed by atoms with van der Waals surface area (Å²) >= 11 is 2.39. The van der Waals surface area contributed by atoms with Crippen LogP contribution in [0.3, 0.4) is 0 Å². The van der Waals surface area contributed by atoms with Crippen molar-refractivity contribution in [1.82, 2.24) is 15.0 Å². The Morgan fingerprint density at radius 2 is 1.73 bits per heavy atom. The molecule has 0 spiro atoms. The van der Waals surface area contributed by atoms with Crippen LogP contribution in [-0.4, -0.2) is 32.5 Å². The minimum absolute atomic E-state index is 0.0788. The molecule has 0 aliphatic heterocycles. The molecule has 0 bridgehead atoms. The fraction of sp³-hybridized carbons (Fsp3) is 0.0952. The second-order valence-corrected chi connectivity index (χ2v) is 8.57. The quantitative estimate of drug-likeness (QED) is 0.289. The Labute approximate surface area is 193 Å². The van der Waals surface area contributed by atoms with Gasteiger partial charge in [0.2, 0.25) is 5.91 Å². The summed E-state index contributed by atoms with van der Waals surface area (Å²) in [4.78, 5) is 36.9. The number of aromatic nitrogens is 3. The van der Waals surface area contributed by atoms with Gasteiger partial charge in [0.05, 0.1) is 21.5 Å². The highest BCUT2D eigenvalue weighted by Crippen LogP contribution is 2.30. The molecule has 0 fully saturated rings. The predicted octanol–water partition coefficient (Wildman–Crippen LogP) is 5.09. The van der Waals surface area contributed by atoms with Crippen molar-refractivity contribution in [2.75, 3.05) is 16.4 Å². The van der Waals surface area contributed by atoms with Gasteiger partial charge >= 0.3 is 6.18 Å². The smallest absolute Gasteiger partial charge is 0.325 e. The Bertz CT molecular complexity index is 1300. The van der Waals surface area contributed by atoms with Gasteiger partial charge in [-0.25, -0.2) is 15.0 Å². The van der Waals surface area contributed by atoms with E-state index in [4.69, 9.17) is 0 Å². The second-order valence-electron chi connectivity index (χ2n) is 6.60. The average molecular weight is 490 g/mol. The molecule has 2 amide bonds. The number of anilines is 2. The number of benzene rings is 2. The lowest BCUT2D eigenvalue weighted by atomic mass is 10.1. The zero-order valence-electron chi connectivity index (χ0n) is 16.6. The van der Waals surface area contributed by atoms with Crippen LogP contribution in [-0.2, 0) is 11.0 Å². The Balaban J connectivity index is 1.39. The van der Waals surface area contributed by atoms with Crippen LogP contribution in [0, 0.1) is 0 Å². The highest BCUT2D eigenvalue weighted by Gasteiger charge is 2.30. The molecule has 168 valence electrons. The summed E-state index contributed by atoms with van der Waals surface area (Å²) in [5.41, 5.74) is 0.414. The zero-order chi connectivity index (χ0) is 23.4. The van der Waals surface area contributed by atoms with Crippen LogP contribution in [0.4, 0.5) is 24.0 Å². The predicted molar refractivity (Wildman–Crippen MR) is 120 cm³/mol. The number of rotatable bonds is 6. The summed E-state index contributed by atoms with van der Waals surface area (Å²) in [5, 5.41) is 6.16. The van der Waals surface area contributed by atoms with Gasteiger partial charge in [0.15, 0.2) is 10.3 Å². The number of carbonyl (C=O) groups is 2. The van der Waals surface area contributed by atoms with Crippen molar-refractivity contribution in [1.29, 1.82) is 0 Å². The second kappa shape index (κ2) is 9.55. The van der Waals surface area contributed by atoms with Gasteiger partial charge in [0.1, 0.15) is 0 Å². The van der Waals surface area contributed by atoms with Crippen LogP contribution < -0.4 is 10.6 Å². The SMILES string of the molecule is O=C(CSc1ncccn1)Nc1ccc2nc(NC(=O)c3ccc(C(F)(F)F)cc3)sc2c1. The lowest BCUT2D eigenvalue weighted by Gasteiger charge is -2.07. The van der Waals surface area contributed by atoms with E-state index >= 15 is 0 Å². The summed E-state index contributed by atoms with van der Waals surface area (Å²) in [6, 6.07) is 10.7. The molecule has 0 aliphatic carbocycles. The third-order valence-corrected chi connectivity index (χ3v) is 6.05. The lowest BCUT2D eigenvalue weighted by Crippen LogP contribution is -2.14. The maximum Gasteiger partial charge on any atom is 0.416 e. The van der Waals surface area contributed by atoms with Gasteiger partial charge in [-0.05, 0) is 48.5 Å². The Morgan fingerprint density at radius 1 is 1.00 bits per heavy atom. The van der Waals surface area contributed by atoms with Gasteiger partial charge < -0.3 is 5.32 Å². The number of hydrogen-bond acceptors (Lipinski definition) is 7. The first-order valence-corrected chi connectivity index (χ1v) is 11.2. The number of fused-ring (bicyclic) bond motifs is 1. The van der Waals surface area contributed by atoms with Crippen molar-refractivity contribution in [2.45, 2.75) is 11.3 Å². The maximum absolute atomic E-state index is 12.7. The molecule has 0 saturated carbocycles. The molecule has 7 nitrogen and oxygen atoms in total. The summed E-state index contributed by atoms with van der Waals surface area (Å²) < 4.78 is 38.7. The maximum atomic E-state index is 12.7. The monoisotopic (exact) mass is 489 g/mol. The number of amides is 2. The number of nitrogens with one attached hydrogen (secondary N) is 2. The number of hydrogen-bond donors (Lipinski definition) is 2. The molecule has 0 radical (unpaired) electrons. The van der Waals surface area contributed by atoms with Crippen molar-refractivity contribution in [3.05, 3.63) is 72.1 Å². The van der Waals surface area contributed by atoms with E-state index in [2.05, 4.69) is 25.6 Å². The third-order valence-electron chi connectivity index (χ3n) is 4.24. The first-order valence-electron chi connectivity index (χ1n) is 9.37. The lowest BCUT2D eigenvalue weighted by molar-refractivity contribution is -0.137. The van der Waals surface area contributed by atoms with Crippen molar-refractivity contribution >= 4 is 55.9 Å². The van der Waals surface area contributed by atoms with E-state index in [9.17, 15) is 22.8 Å². The van der Waals surface area contributed by atoms with Crippen LogP contribution in [0.1, 0.15) is 15.9 Å². The van der Waals surface area contributed by atoms with Crippen molar-refractivity contribution < 1.29 is 22.8 Å². The van der Waals surface area contributed by atoms with E-state index in [1.54, 1.807) is 36.7 Å². The van der Waals surface area contributed by atoms with Crippen molar-refractivity contribution in [3.8, 4) is 0 Å². The Kier molecular flexibility index (Phi) is 6.56. The molecule has 4 rings (SSSR count). The number of thioether (sulfide) groups is 1. The van der Waals surface area contributed by atoms with Crippen LogP contribution in [0.5, 0.6) is 0 Å². The molecular formula is C21H14F3N5O2S2. The van der Waals surface area contributed by atoms with Crippen LogP contribution >= 0.6 is 23.1 Å². The number of thiazole rings is 1. The first kappa shape index (κ1) is 22.7. The number of nitrogens with zero attached hydrogens (tertiary/aromatic N) is 3. The fourth-order valence-corrected chi connectivity index (χ4v) is 4.23. The van der Waals surface area contributed by atoms with E-state index in [1.165, 1.54) is 23.1 Å². The minimum Gasteiger partial charge on any atom is -0.325 e. The molecule has 0 unspecified atom stereocenters. The molecule has 0 atom stereocenters. The van der Waals surface area contributed by atoms with Gasteiger partial charge in [-0.2, -0.15) is 13.2 Å². The molecule has 0 saturated heterocycles. The molecular weight excluding hydrogens is 475 g/mol. The molecule has 0 aliphatic rings. The van der Waals surface area contributed by atoms with Gasteiger partial charge in [0.25, 0.3) is 5.91 Å². The van der Waals surface area contributed by atoms with Gasteiger partial charge in [-0.15, -0.1) is 0 Å². The molecule has 2 aromatic heterocycles. The van der Waals surface area contributed by atoms with E-state index < -0.39 is 17.6 Å². The summed E-state index contributed by atoms with van der Waals surface area (Å²) in [7, 11) is 0. The standard InChI is InChI=1S/C21H14F3N5O2S2/c22-21(23,24)13-4-2-12(3-5-13)18(31)29-20-28-15-7-6-14(10-16(15)33-20)27-17(30)11-32-19-25-8-1-9-26-19/h1-10H,11H2,(H,27,30)(H,28,29,31). The summed E-state index contributed by atoms with van der Waals surface area (Å²) in [5.74, 6) is -0.664. The fourth-order valence-electron chi connectivity index (χ4n) is 2.72. The molecule has 33 heavy (non-hydrogen) atoms. The van der Waals surface area contributed by atoms with E-state index in [0.717, 1.165) is 29.0 Å². The first-order chi connectivity index (χ1) is 15.8. The number of alkyl halides is 3. The topological polar surface area (TPSA) is 96.9 Å². The summed E-state index contributed by atoms with van der Waals surface area (Å²) in [6.45, 7) is 0. The number of halogens is 3. The van der Waals surface area contributed by atoms with Gasteiger partial charge in [-0.3, -0.25) is 14.9 Å². The van der Waals surface area contributed by atoms with Crippen molar-refractivity contribution in [3.63, 3.8) is 0 Å². The summed E-state index contributed by atoms with van der Waals surface area (Å²) in [6.07, 6.45) is -1.28. The van der Waals surface area contributed by atoms with E-state index in [-0.39, 0.29) is 22.4 Å². The third kappa shape index (κ3) is 5.84. The highest BCUT2D eigenvalue weighted by molar-refractivity contribution is 7.99. The van der Waals surface area contributed by atoms with Crippen LogP contribution in [0.25, 0.3) is 10.2 Å². The van der Waals surface area contributed by atoms with Crippen molar-refractivity contribution in [2.24, 2.45) is 0 Å².